The van der Waals surface area contributed by atoms with Crippen LogP contribution < -0.4 is 10.6 Å². The van der Waals surface area contributed by atoms with Crippen molar-refractivity contribution in [2.45, 2.75) is 31.3 Å². The van der Waals surface area contributed by atoms with Gasteiger partial charge in [0.25, 0.3) is 0 Å². The van der Waals surface area contributed by atoms with Gasteiger partial charge in [0.1, 0.15) is 18.0 Å². The molecule has 0 bridgehead atoms. The van der Waals surface area contributed by atoms with Crippen molar-refractivity contribution in [3.63, 3.8) is 0 Å². The molecule has 3 rings (SSSR count). The molecule has 3 aromatic rings. The summed E-state index contributed by atoms with van der Waals surface area (Å²) >= 11 is 1.80. The highest BCUT2D eigenvalue weighted by atomic mass is 127. The Labute approximate surface area is 204 Å². The first-order chi connectivity index (χ1) is 14.7. The van der Waals surface area contributed by atoms with Gasteiger partial charge in [-0.1, -0.05) is 37.3 Å². The van der Waals surface area contributed by atoms with Gasteiger partial charge in [-0.25, -0.2) is 9.38 Å². The Bertz CT molecular complexity index is 917. The summed E-state index contributed by atoms with van der Waals surface area (Å²) in [6, 6.07) is 16.8. The molecule has 0 spiro atoms. The SMILES string of the molecule is CCc1nncn1CCNC(=NCc1ccc(F)cc1)NCCSc1ccccc1.I. The Kier molecular flexibility index (Phi) is 11.4. The van der Waals surface area contributed by atoms with E-state index in [0.717, 1.165) is 42.6 Å². The average Bonchev–Trinajstić information content (AvgIpc) is 3.24. The summed E-state index contributed by atoms with van der Waals surface area (Å²) in [5.41, 5.74) is 0.961. The molecule has 9 heteroatoms. The second-order valence-corrected chi connectivity index (χ2v) is 7.77. The summed E-state index contributed by atoms with van der Waals surface area (Å²) in [6.45, 7) is 4.78. The van der Waals surface area contributed by atoms with E-state index in [1.807, 2.05) is 22.8 Å². The van der Waals surface area contributed by atoms with Crippen molar-refractivity contribution < 1.29 is 4.39 Å². The molecule has 2 aromatic carbocycles. The minimum Gasteiger partial charge on any atom is -0.356 e. The standard InChI is InChI=1S/C22H27FN6S.HI/c1-2-21-28-27-17-29(21)14-12-24-22(26-16-18-8-10-19(23)11-9-18)25-13-15-30-20-6-4-3-5-7-20;/h3-11,17H,2,12-16H2,1H3,(H2,24,25,26);1H. The van der Waals surface area contributed by atoms with E-state index >= 15 is 0 Å². The first-order valence-corrected chi connectivity index (χ1v) is 11.0. The molecule has 0 aliphatic rings. The first-order valence-electron chi connectivity index (χ1n) is 10.1. The zero-order valence-electron chi connectivity index (χ0n) is 17.5. The zero-order chi connectivity index (χ0) is 21.0. The molecule has 1 heterocycles. The molecular weight excluding hydrogens is 526 g/mol. The van der Waals surface area contributed by atoms with Crippen molar-refractivity contribution in [1.29, 1.82) is 0 Å². The third kappa shape index (κ3) is 8.86. The number of benzene rings is 2. The van der Waals surface area contributed by atoms with Crippen molar-refractivity contribution >= 4 is 41.7 Å². The van der Waals surface area contributed by atoms with Crippen molar-refractivity contribution in [3.05, 3.63) is 78.1 Å². The number of halogens is 2. The van der Waals surface area contributed by atoms with Crippen molar-refractivity contribution in [2.75, 3.05) is 18.8 Å². The normalized spacial score (nSPS) is 11.1. The van der Waals surface area contributed by atoms with Crippen LogP contribution >= 0.6 is 35.7 Å². The summed E-state index contributed by atoms with van der Waals surface area (Å²) in [5.74, 6) is 2.39. The molecule has 6 nitrogen and oxygen atoms in total. The lowest BCUT2D eigenvalue weighted by molar-refractivity contribution is 0.626. The molecule has 1 aromatic heterocycles. The van der Waals surface area contributed by atoms with Gasteiger partial charge in [0.15, 0.2) is 5.96 Å². The molecule has 0 aliphatic heterocycles. The number of aryl methyl sites for hydroxylation is 1. The third-order valence-electron chi connectivity index (χ3n) is 4.40. The summed E-state index contributed by atoms with van der Waals surface area (Å²) < 4.78 is 15.2. The largest absolute Gasteiger partial charge is 0.356 e. The van der Waals surface area contributed by atoms with Gasteiger partial charge in [0, 0.05) is 36.7 Å². The number of aromatic nitrogens is 3. The van der Waals surface area contributed by atoms with Crippen LogP contribution in [0, 0.1) is 5.82 Å². The summed E-state index contributed by atoms with van der Waals surface area (Å²) in [5, 5.41) is 14.8. The lowest BCUT2D eigenvalue weighted by atomic mass is 10.2. The Balaban J connectivity index is 0.00000341. The van der Waals surface area contributed by atoms with Crippen molar-refractivity contribution in [1.82, 2.24) is 25.4 Å². The van der Waals surface area contributed by atoms with Crippen molar-refractivity contribution in [3.8, 4) is 0 Å². The molecule has 0 saturated carbocycles. The molecular formula is C22H28FIN6S. The van der Waals surface area contributed by atoms with Crippen LogP contribution in [0.25, 0.3) is 0 Å². The van der Waals surface area contributed by atoms with Crippen molar-refractivity contribution in [2.24, 2.45) is 4.99 Å². The van der Waals surface area contributed by atoms with Gasteiger partial charge in [-0.15, -0.1) is 45.9 Å². The quantitative estimate of drug-likeness (QED) is 0.130. The monoisotopic (exact) mass is 554 g/mol. The molecule has 0 radical (unpaired) electrons. The molecule has 0 atom stereocenters. The number of nitrogens with one attached hydrogen (secondary N) is 2. The van der Waals surface area contributed by atoms with Crippen LogP contribution in [-0.2, 0) is 19.5 Å². The summed E-state index contributed by atoms with van der Waals surface area (Å²) in [7, 11) is 0. The Morgan fingerprint density at radius 3 is 2.55 bits per heavy atom. The molecule has 0 fully saturated rings. The highest BCUT2D eigenvalue weighted by molar-refractivity contribution is 14.0. The minimum atomic E-state index is -0.238. The smallest absolute Gasteiger partial charge is 0.191 e. The maximum Gasteiger partial charge on any atom is 0.191 e. The van der Waals surface area contributed by atoms with Gasteiger partial charge in [-0.3, -0.25) is 0 Å². The van der Waals surface area contributed by atoms with Gasteiger partial charge < -0.3 is 15.2 Å². The average molecular weight is 554 g/mol. The lowest BCUT2D eigenvalue weighted by Crippen LogP contribution is -2.40. The molecule has 0 saturated heterocycles. The van der Waals surface area contributed by atoms with Crippen LogP contribution in [-0.4, -0.2) is 39.6 Å². The van der Waals surface area contributed by atoms with Crippen LogP contribution in [0.1, 0.15) is 18.3 Å². The van der Waals surface area contributed by atoms with Crippen LogP contribution in [0.2, 0.25) is 0 Å². The molecule has 31 heavy (non-hydrogen) atoms. The zero-order valence-corrected chi connectivity index (χ0v) is 20.6. The lowest BCUT2D eigenvalue weighted by Gasteiger charge is -2.13. The Hall–Kier alpha value is -2.14. The van der Waals surface area contributed by atoms with E-state index < -0.39 is 0 Å². The number of nitrogens with zero attached hydrogens (tertiary/aromatic N) is 4. The molecule has 0 aliphatic carbocycles. The number of hydrogen-bond donors (Lipinski definition) is 2. The third-order valence-corrected chi connectivity index (χ3v) is 5.41. The fourth-order valence-corrected chi connectivity index (χ4v) is 3.61. The predicted molar refractivity (Wildman–Crippen MR) is 136 cm³/mol. The number of hydrogen-bond acceptors (Lipinski definition) is 4. The van der Waals surface area contributed by atoms with E-state index in [4.69, 9.17) is 0 Å². The van der Waals surface area contributed by atoms with Crippen LogP contribution in [0.15, 0.2) is 70.8 Å². The molecule has 0 unspecified atom stereocenters. The maximum atomic E-state index is 13.1. The summed E-state index contributed by atoms with van der Waals surface area (Å²) in [4.78, 5) is 5.90. The topological polar surface area (TPSA) is 67.1 Å². The van der Waals surface area contributed by atoms with E-state index in [1.54, 1.807) is 30.2 Å². The number of thioether (sulfide) groups is 1. The minimum absolute atomic E-state index is 0. The van der Waals surface area contributed by atoms with E-state index in [2.05, 4.69) is 44.9 Å². The molecule has 166 valence electrons. The van der Waals surface area contributed by atoms with Crippen LogP contribution in [0.4, 0.5) is 4.39 Å². The first kappa shape index (κ1) is 25.1. The predicted octanol–water partition coefficient (Wildman–Crippen LogP) is 4.13. The second kappa shape index (κ2) is 14.0. The van der Waals surface area contributed by atoms with Crippen LogP contribution in [0.3, 0.4) is 0 Å². The fourth-order valence-electron chi connectivity index (χ4n) is 2.82. The van der Waals surface area contributed by atoms with E-state index in [1.165, 1.54) is 17.0 Å². The van der Waals surface area contributed by atoms with Gasteiger partial charge in [0.2, 0.25) is 0 Å². The number of guanidine groups is 1. The van der Waals surface area contributed by atoms with Gasteiger partial charge in [-0.2, -0.15) is 0 Å². The van der Waals surface area contributed by atoms with Crippen LogP contribution in [0.5, 0.6) is 0 Å². The number of aliphatic imine (C=N–C) groups is 1. The fraction of sp³-hybridized carbons (Fsp3) is 0.318. The van der Waals surface area contributed by atoms with Gasteiger partial charge in [0.05, 0.1) is 6.54 Å². The van der Waals surface area contributed by atoms with E-state index in [9.17, 15) is 4.39 Å². The Morgan fingerprint density at radius 2 is 1.81 bits per heavy atom. The van der Waals surface area contributed by atoms with E-state index in [-0.39, 0.29) is 29.8 Å². The molecule has 0 amide bonds. The highest BCUT2D eigenvalue weighted by Gasteiger charge is 2.03. The summed E-state index contributed by atoms with van der Waals surface area (Å²) in [6.07, 6.45) is 2.60. The maximum absolute atomic E-state index is 13.1. The van der Waals surface area contributed by atoms with Gasteiger partial charge >= 0.3 is 0 Å². The number of rotatable bonds is 10. The second-order valence-electron chi connectivity index (χ2n) is 6.60. The molecule has 2 N–H and O–H groups in total. The van der Waals surface area contributed by atoms with E-state index in [0.29, 0.717) is 13.1 Å². The Morgan fingerprint density at radius 1 is 1.06 bits per heavy atom. The highest BCUT2D eigenvalue weighted by Crippen LogP contribution is 2.15. The van der Waals surface area contributed by atoms with Gasteiger partial charge in [-0.05, 0) is 29.8 Å².